The van der Waals surface area contributed by atoms with Crippen molar-refractivity contribution in [1.29, 1.82) is 0 Å². The summed E-state index contributed by atoms with van der Waals surface area (Å²) < 4.78 is 13.0. The van der Waals surface area contributed by atoms with Crippen LogP contribution in [-0.2, 0) is 5.41 Å². The topological polar surface area (TPSA) is 26.3 Å². The summed E-state index contributed by atoms with van der Waals surface area (Å²) in [6.07, 6.45) is 0. The molecule has 276 valence electrons. The molecule has 0 radical (unpaired) electrons. The van der Waals surface area contributed by atoms with E-state index in [1.807, 2.05) is 12.1 Å². The normalized spacial score (nSPS) is 13.4. The fourth-order valence-corrected chi connectivity index (χ4v) is 10.4. The highest BCUT2D eigenvalue weighted by atomic mass is 16.3. The zero-order valence-corrected chi connectivity index (χ0v) is 32.6. The van der Waals surface area contributed by atoms with Crippen LogP contribution < -0.4 is 0 Å². The molecule has 2 nitrogen and oxygen atoms in total. The standard InChI is InChI=1S/C57H36O2/c1-57(2)48-14-8-6-12-41(48)45-31-47-46-30-38(24-29-51(46)58-52(47)32-49(45)57)40-26-21-35-22-27-42-39(25-20-34-23-28-43(40)54(35)53(34)42)33-16-18-36(19-17-33)55-44-13-7-9-15-50(44)59-56(55)37-10-4-3-5-11-37/h3-32H,1-2H3. The Morgan fingerprint density at radius 2 is 0.949 bits per heavy atom. The summed E-state index contributed by atoms with van der Waals surface area (Å²) in [4.78, 5) is 0. The fourth-order valence-electron chi connectivity index (χ4n) is 10.4. The van der Waals surface area contributed by atoms with E-state index in [1.165, 1.54) is 82.2 Å². The molecule has 0 saturated carbocycles. The van der Waals surface area contributed by atoms with Gasteiger partial charge in [0.25, 0.3) is 0 Å². The molecular weight excluding hydrogens is 717 g/mol. The molecule has 2 heterocycles. The molecule has 0 bridgehead atoms. The van der Waals surface area contributed by atoms with Crippen molar-refractivity contribution in [1.82, 2.24) is 0 Å². The van der Waals surface area contributed by atoms with E-state index in [4.69, 9.17) is 8.83 Å². The van der Waals surface area contributed by atoms with Gasteiger partial charge in [-0.1, -0.05) is 166 Å². The molecule has 59 heavy (non-hydrogen) atoms. The highest BCUT2D eigenvalue weighted by Gasteiger charge is 2.36. The Morgan fingerprint density at radius 3 is 1.73 bits per heavy atom. The van der Waals surface area contributed by atoms with Gasteiger partial charge in [0.15, 0.2) is 0 Å². The van der Waals surface area contributed by atoms with Crippen molar-refractivity contribution >= 4 is 65.2 Å². The zero-order valence-electron chi connectivity index (χ0n) is 32.6. The summed E-state index contributed by atoms with van der Waals surface area (Å²) in [7, 11) is 0. The summed E-state index contributed by atoms with van der Waals surface area (Å²) in [5, 5.41) is 11.1. The number of hydrogen-bond acceptors (Lipinski definition) is 2. The van der Waals surface area contributed by atoms with E-state index in [0.29, 0.717) is 0 Å². The SMILES string of the molecule is CC1(C)c2ccccc2-c2cc3c(cc21)oc1ccc(-c2ccc4ccc5c(-c6ccc(-c7c(-c8ccccc8)oc8ccccc78)cc6)ccc6ccc2c4c65)cc13. The highest BCUT2D eigenvalue weighted by molar-refractivity contribution is 6.28. The van der Waals surface area contributed by atoms with Gasteiger partial charge in [-0.15, -0.1) is 0 Å². The molecule has 0 N–H and O–H groups in total. The van der Waals surface area contributed by atoms with E-state index >= 15 is 0 Å². The summed E-state index contributed by atoms with van der Waals surface area (Å²) in [6, 6.07) is 66.4. The molecule has 0 saturated heterocycles. The van der Waals surface area contributed by atoms with Gasteiger partial charge in [0.05, 0.1) is 0 Å². The number of para-hydroxylation sites is 1. The molecule has 0 amide bonds. The van der Waals surface area contributed by atoms with E-state index in [2.05, 4.69) is 184 Å². The van der Waals surface area contributed by atoms with Crippen LogP contribution in [0.4, 0.5) is 0 Å². The Morgan fingerprint density at radius 1 is 0.339 bits per heavy atom. The lowest BCUT2D eigenvalue weighted by molar-refractivity contribution is 0.632. The molecule has 13 rings (SSSR count). The first-order chi connectivity index (χ1) is 29.0. The van der Waals surface area contributed by atoms with Gasteiger partial charge in [-0.2, -0.15) is 0 Å². The van der Waals surface area contributed by atoms with Gasteiger partial charge in [-0.05, 0) is 113 Å². The lowest BCUT2D eigenvalue weighted by atomic mass is 9.82. The van der Waals surface area contributed by atoms with E-state index < -0.39 is 0 Å². The van der Waals surface area contributed by atoms with Crippen LogP contribution in [0.3, 0.4) is 0 Å². The minimum Gasteiger partial charge on any atom is -0.456 e. The number of fused-ring (bicyclic) bond motifs is 7. The second-order valence-electron chi connectivity index (χ2n) is 16.8. The third-order valence-corrected chi connectivity index (χ3v) is 13.3. The molecule has 10 aromatic carbocycles. The number of rotatable bonds is 4. The molecule has 2 heteroatoms. The highest BCUT2D eigenvalue weighted by Crippen LogP contribution is 2.51. The van der Waals surface area contributed by atoms with E-state index in [1.54, 1.807) is 0 Å². The number of hydrogen-bond donors (Lipinski definition) is 0. The molecule has 1 aliphatic rings. The van der Waals surface area contributed by atoms with Gasteiger partial charge in [0.1, 0.15) is 22.5 Å². The maximum atomic E-state index is 6.56. The Balaban J connectivity index is 0.941. The maximum absolute atomic E-state index is 6.56. The van der Waals surface area contributed by atoms with Gasteiger partial charge in [0.2, 0.25) is 0 Å². The smallest absolute Gasteiger partial charge is 0.143 e. The van der Waals surface area contributed by atoms with Crippen LogP contribution in [0.2, 0.25) is 0 Å². The fraction of sp³-hybridized carbons (Fsp3) is 0.0526. The lowest BCUT2D eigenvalue weighted by Crippen LogP contribution is -2.14. The minimum absolute atomic E-state index is 0.0719. The van der Waals surface area contributed by atoms with Crippen molar-refractivity contribution in [3.63, 3.8) is 0 Å². The predicted octanol–water partition coefficient (Wildman–Crippen LogP) is 16.2. The van der Waals surface area contributed by atoms with Crippen LogP contribution in [0.25, 0.3) is 121 Å². The Labute approximate surface area is 340 Å². The van der Waals surface area contributed by atoms with Crippen LogP contribution in [0.1, 0.15) is 25.0 Å². The average Bonchev–Trinajstić information content (AvgIpc) is 3.92. The van der Waals surface area contributed by atoms with E-state index in [9.17, 15) is 0 Å². The van der Waals surface area contributed by atoms with Crippen molar-refractivity contribution in [3.05, 3.63) is 193 Å². The molecule has 0 atom stereocenters. The van der Waals surface area contributed by atoms with Crippen LogP contribution in [-0.4, -0.2) is 0 Å². The third-order valence-electron chi connectivity index (χ3n) is 13.3. The first kappa shape index (κ1) is 32.6. The molecule has 2 aromatic heterocycles. The van der Waals surface area contributed by atoms with Gasteiger partial charge in [-0.25, -0.2) is 0 Å². The third kappa shape index (κ3) is 4.57. The van der Waals surface area contributed by atoms with Crippen molar-refractivity contribution < 1.29 is 8.83 Å². The first-order valence-corrected chi connectivity index (χ1v) is 20.5. The second kappa shape index (κ2) is 11.8. The summed E-state index contributed by atoms with van der Waals surface area (Å²) >= 11 is 0. The Hall–Kier alpha value is -7.42. The van der Waals surface area contributed by atoms with Gasteiger partial charge in [0, 0.05) is 32.7 Å². The van der Waals surface area contributed by atoms with Gasteiger partial charge in [-0.3, -0.25) is 0 Å². The van der Waals surface area contributed by atoms with E-state index in [0.717, 1.165) is 50.0 Å². The second-order valence-corrected chi connectivity index (χ2v) is 16.8. The minimum atomic E-state index is -0.0719. The van der Waals surface area contributed by atoms with Crippen LogP contribution in [0, 0.1) is 0 Å². The van der Waals surface area contributed by atoms with Crippen molar-refractivity contribution in [2.45, 2.75) is 19.3 Å². The summed E-state index contributed by atoms with van der Waals surface area (Å²) in [5.74, 6) is 0.900. The molecule has 12 aromatic rings. The number of furan rings is 2. The predicted molar refractivity (Wildman–Crippen MR) is 247 cm³/mol. The summed E-state index contributed by atoms with van der Waals surface area (Å²) in [5.41, 5.74) is 16.2. The first-order valence-electron chi connectivity index (χ1n) is 20.5. The molecule has 0 aliphatic heterocycles. The molecule has 0 spiro atoms. The largest absolute Gasteiger partial charge is 0.456 e. The van der Waals surface area contributed by atoms with Crippen LogP contribution >= 0.6 is 0 Å². The van der Waals surface area contributed by atoms with Crippen LogP contribution in [0.15, 0.2) is 191 Å². The molecule has 0 unspecified atom stereocenters. The Kier molecular flexibility index (Phi) is 6.54. The molecule has 0 fully saturated rings. The molecule has 1 aliphatic carbocycles. The van der Waals surface area contributed by atoms with Crippen molar-refractivity contribution in [2.24, 2.45) is 0 Å². The quantitative estimate of drug-likeness (QED) is 0.167. The van der Waals surface area contributed by atoms with E-state index in [-0.39, 0.29) is 5.41 Å². The van der Waals surface area contributed by atoms with Gasteiger partial charge < -0.3 is 8.83 Å². The zero-order chi connectivity index (χ0) is 39.0. The maximum Gasteiger partial charge on any atom is 0.143 e. The monoisotopic (exact) mass is 752 g/mol. The molecular formula is C57H36O2. The number of benzene rings is 10. The van der Waals surface area contributed by atoms with Crippen LogP contribution in [0.5, 0.6) is 0 Å². The summed E-state index contributed by atoms with van der Waals surface area (Å²) in [6.45, 7) is 4.64. The Bertz CT molecular complexity index is 3670. The van der Waals surface area contributed by atoms with Gasteiger partial charge >= 0.3 is 0 Å². The lowest BCUT2D eigenvalue weighted by Gasteiger charge is -2.21. The van der Waals surface area contributed by atoms with Crippen molar-refractivity contribution in [2.75, 3.05) is 0 Å². The average molecular weight is 753 g/mol. The van der Waals surface area contributed by atoms with Crippen molar-refractivity contribution in [3.8, 4) is 55.8 Å².